The second-order valence-electron chi connectivity index (χ2n) is 9.37. The van der Waals surface area contributed by atoms with E-state index < -0.39 is 0 Å². The van der Waals surface area contributed by atoms with Crippen molar-refractivity contribution >= 4 is 0 Å². The van der Waals surface area contributed by atoms with Gasteiger partial charge in [-0.25, -0.2) is 0 Å². The fourth-order valence-corrected chi connectivity index (χ4v) is 3.33. The van der Waals surface area contributed by atoms with Gasteiger partial charge in [0.25, 0.3) is 0 Å². The van der Waals surface area contributed by atoms with Crippen molar-refractivity contribution in [3.8, 4) is 0 Å². The van der Waals surface area contributed by atoms with E-state index in [9.17, 15) is 0 Å². The molecule has 0 aromatic heterocycles. The number of hydrogen-bond donors (Lipinski definition) is 1. The number of ether oxygens (including phenoxy) is 2. The summed E-state index contributed by atoms with van der Waals surface area (Å²) in [5, 5.41) is 3.42. The Labute approximate surface area is 211 Å². The zero-order valence-corrected chi connectivity index (χ0v) is 22.7. The van der Waals surface area contributed by atoms with Crippen molar-refractivity contribution in [3.05, 3.63) is 71.5 Å². The van der Waals surface area contributed by atoms with E-state index in [1.54, 1.807) is 0 Å². The van der Waals surface area contributed by atoms with Crippen LogP contribution in [0.3, 0.4) is 0 Å². The molecule has 2 aliphatic rings. The Hall–Kier alpha value is -1.92. The molecule has 1 atom stereocenters. The number of allylic oxidation sites excluding steroid dienone is 9. The molecule has 34 heavy (non-hydrogen) atoms. The highest BCUT2D eigenvalue weighted by Gasteiger charge is 2.12. The molecule has 5 heteroatoms. The predicted molar refractivity (Wildman–Crippen MR) is 148 cm³/mol. The Balaban J connectivity index is 0.000000989. The summed E-state index contributed by atoms with van der Waals surface area (Å²) in [6.07, 6.45) is 14.7. The van der Waals surface area contributed by atoms with Crippen molar-refractivity contribution in [1.82, 2.24) is 15.1 Å². The maximum absolute atomic E-state index is 5.71. The zero-order chi connectivity index (χ0) is 25.3. The number of nitrogens with zero attached hydrogens (tertiary/aromatic N) is 2. The smallest absolute Gasteiger partial charge is 0.118 e. The largest absolute Gasteiger partial charge is 0.361 e. The highest BCUT2D eigenvalue weighted by Crippen LogP contribution is 2.22. The summed E-state index contributed by atoms with van der Waals surface area (Å²) in [5.74, 6) is 0.505. The molecule has 1 heterocycles. The van der Waals surface area contributed by atoms with E-state index in [0.717, 1.165) is 37.6 Å². The standard InChI is InChI=1S/C22H34N2O.C7H15NO.H2/c1-18(2)19(3)10-11-20(4)22-9-7-8-21(14-22)15-23-16-25-17-24-12-5-6-13-24;1-5-9-6-8(4)7(2)3;/h7,9-11,14,21,23H,4-6,8,12-13,15-17H2,1-3H3;2,5-6H2,1,3-4H3;1H/b11-10-;;. The van der Waals surface area contributed by atoms with Gasteiger partial charge in [0.2, 0.25) is 0 Å². The Morgan fingerprint density at radius 1 is 1.18 bits per heavy atom. The number of nitrogens with one attached hydrogen (secondary N) is 1. The van der Waals surface area contributed by atoms with Crippen LogP contribution in [-0.4, -0.2) is 63.3 Å². The van der Waals surface area contributed by atoms with E-state index in [4.69, 9.17) is 9.47 Å². The van der Waals surface area contributed by atoms with Gasteiger partial charge in [0, 0.05) is 40.4 Å². The van der Waals surface area contributed by atoms with Gasteiger partial charge in [-0.1, -0.05) is 54.7 Å². The monoisotopic (exact) mass is 473 g/mol. The van der Waals surface area contributed by atoms with E-state index in [1.807, 2.05) is 25.8 Å². The Morgan fingerprint density at radius 2 is 1.88 bits per heavy atom. The van der Waals surface area contributed by atoms with Crippen molar-refractivity contribution in [3.63, 3.8) is 0 Å². The molecule has 1 saturated heterocycles. The van der Waals surface area contributed by atoms with E-state index in [0.29, 0.717) is 19.4 Å². The molecule has 194 valence electrons. The SMILES string of the molecule is C=C(/C=C\C(C)=C(C)C)C1=CC(CNCOCN2CCCC2)CC=C1.C=C(C)N(C)COCC.[HH]. The van der Waals surface area contributed by atoms with Gasteiger partial charge >= 0.3 is 0 Å². The Kier molecular flexibility index (Phi) is 15.5. The minimum absolute atomic E-state index is 0. The average molecular weight is 474 g/mol. The molecule has 0 radical (unpaired) electrons. The van der Waals surface area contributed by atoms with Crippen LogP contribution in [0.25, 0.3) is 0 Å². The van der Waals surface area contributed by atoms with Gasteiger partial charge in [-0.2, -0.15) is 0 Å². The molecule has 5 nitrogen and oxygen atoms in total. The molecule has 0 aromatic rings. The van der Waals surface area contributed by atoms with Crippen LogP contribution in [0.5, 0.6) is 0 Å². The lowest BCUT2D eigenvalue weighted by atomic mass is 9.92. The van der Waals surface area contributed by atoms with Crippen LogP contribution in [0.2, 0.25) is 0 Å². The average Bonchev–Trinajstić information content (AvgIpc) is 3.34. The molecule has 1 unspecified atom stereocenters. The van der Waals surface area contributed by atoms with Crippen molar-refractivity contribution in [1.29, 1.82) is 0 Å². The van der Waals surface area contributed by atoms with Crippen molar-refractivity contribution in [2.75, 3.05) is 53.5 Å². The van der Waals surface area contributed by atoms with Crippen molar-refractivity contribution < 1.29 is 10.9 Å². The van der Waals surface area contributed by atoms with Crippen LogP contribution in [0.4, 0.5) is 0 Å². The van der Waals surface area contributed by atoms with Gasteiger partial charge in [0.1, 0.15) is 13.5 Å². The maximum Gasteiger partial charge on any atom is 0.118 e. The molecule has 1 N–H and O–H groups in total. The second-order valence-corrected chi connectivity index (χ2v) is 9.37. The minimum Gasteiger partial charge on any atom is -0.361 e. The van der Waals surface area contributed by atoms with Crippen LogP contribution in [0, 0.1) is 5.92 Å². The summed E-state index contributed by atoms with van der Waals surface area (Å²) >= 11 is 0. The van der Waals surface area contributed by atoms with Crippen LogP contribution in [0.1, 0.15) is 55.3 Å². The first kappa shape index (κ1) is 30.1. The highest BCUT2D eigenvalue weighted by atomic mass is 16.5. The summed E-state index contributed by atoms with van der Waals surface area (Å²) in [7, 11) is 1.96. The number of likely N-dealkylation sites (tertiary alicyclic amines) is 1. The third-order valence-corrected chi connectivity index (χ3v) is 6.07. The first-order chi connectivity index (χ1) is 16.2. The van der Waals surface area contributed by atoms with Crippen LogP contribution < -0.4 is 5.32 Å². The Bertz CT molecular complexity index is 745. The maximum atomic E-state index is 5.71. The molecule has 1 aliphatic heterocycles. The molecule has 0 saturated carbocycles. The normalized spacial score (nSPS) is 17.8. The van der Waals surface area contributed by atoms with E-state index in [-0.39, 0.29) is 1.43 Å². The quantitative estimate of drug-likeness (QED) is 0.194. The molecule has 1 aliphatic carbocycles. The lowest BCUT2D eigenvalue weighted by molar-refractivity contribution is 0.0306. The van der Waals surface area contributed by atoms with Gasteiger partial charge in [-0.15, -0.1) is 0 Å². The minimum atomic E-state index is 0. The number of hydrogen-bond acceptors (Lipinski definition) is 5. The van der Waals surface area contributed by atoms with Crippen LogP contribution in [0.15, 0.2) is 71.5 Å². The Morgan fingerprint density at radius 3 is 2.50 bits per heavy atom. The molecule has 0 amide bonds. The van der Waals surface area contributed by atoms with E-state index in [2.05, 4.69) is 74.5 Å². The van der Waals surface area contributed by atoms with Gasteiger partial charge in [-0.05, 0) is 70.9 Å². The molecule has 0 aromatic carbocycles. The summed E-state index contributed by atoms with van der Waals surface area (Å²) in [6, 6.07) is 0. The molecular formula is C29H51N3O2. The molecule has 2 rings (SSSR count). The first-order valence-electron chi connectivity index (χ1n) is 12.6. The molecular weight excluding hydrogens is 422 g/mol. The van der Waals surface area contributed by atoms with Gasteiger partial charge < -0.3 is 14.4 Å². The van der Waals surface area contributed by atoms with Gasteiger partial charge in [0.05, 0.1) is 6.73 Å². The highest BCUT2D eigenvalue weighted by molar-refractivity contribution is 5.47. The summed E-state index contributed by atoms with van der Waals surface area (Å²) in [5.41, 5.74) is 5.98. The van der Waals surface area contributed by atoms with Crippen LogP contribution >= 0.6 is 0 Å². The lowest BCUT2D eigenvalue weighted by Gasteiger charge is -2.19. The van der Waals surface area contributed by atoms with E-state index >= 15 is 0 Å². The predicted octanol–water partition coefficient (Wildman–Crippen LogP) is 6.27. The van der Waals surface area contributed by atoms with Gasteiger partial charge in [0.15, 0.2) is 0 Å². The lowest BCUT2D eigenvalue weighted by Crippen LogP contribution is -2.29. The number of rotatable bonds is 13. The van der Waals surface area contributed by atoms with E-state index in [1.165, 1.54) is 42.7 Å². The third kappa shape index (κ3) is 13.1. The van der Waals surface area contributed by atoms with Gasteiger partial charge in [-0.3, -0.25) is 10.2 Å². The first-order valence-corrected chi connectivity index (χ1v) is 12.6. The molecule has 0 bridgehead atoms. The second kappa shape index (κ2) is 17.5. The summed E-state index contributed by atoms with van der Waals surface area (Å²) in [4.78, 5) is 4.33. The summed E-state index contributed by atoms with van der Waals surface area (Å²) in [6.45, 7) is 24.4. The van der Waals surface area contributed by atoms with Crippen molar-refractivity contribution in [2.45, 2.75) is 53.9 Å². The molecule has 0 spiro atoms. The fraction of sp³-hybridized carbons (Fsp3) is 0.586. The topological polar surface area (TPSA) is 37.0 Å². The third-order valence-electron chi connectivity index (χ3n) is 6.07. The summed E-state index contributed by atoms with van der Waals surface area (Å²) < 4.78 is 10.8. The molecule has 1 fully saturated rings. The van der Waals surface area contributed by atoms with Crippen molar-refractivity contribution in [2.24, 2.45) is 5.92 Å². The fourth-order valence-electron chi connectivity index (χ4n) is 3.33. The zero-order valence-electron chi connectivity index (χ0n) is 22.7. The van der Waals surface area contributed by atoms with Crippen LogP contribution in [-0.2, 0) is 9.47 Å².